The number of hydrogen-bond acceptors (Lipinski definition) is 4. The first-order valence-electron chi connectivity index (χ1n) is 9.21. The van der Waals surface area contributed by atoms with Crippen LogP contribution in [0.1, 0.15) is 39.0 Å². The van der Waals surface area contributed by atoms with Gasteiger partial charge in [0.05, 0.1) is 4.88 Å². The highest BCUT2D eigenvalue weighted by Gasteiger charge is 2.26. The van der Waals surface area contributed by atoms with E-state index >= 15 is 0 Å². The molecule has 0 bridgehead atoms. The number of aryl methyl sites for hydroxylation is 1. The van der Waals surface area contributed by atoms with E-state index in [2.05, 4.69) is 35.0 Å². The summed E-state index contributed by atoms with van der Waals surface area (Å²) < 4.78 is 0. The Bertz CT molecular complexity index is 735. The van der Waals surface area contributed by atoms with Crippen LogP contribution in [0.25, 0.3) is 0 Å². The second-order valence-corrected chi connectivity index (χ2v) is 8.47. The highest BCUT2D eigenvalue weighted by atomic mass is 32.1. The Kier molecular flexibility index (Phi) is 4.86. The van der Waals surface area contributed by atoms with Gasteiger partial charge in [0, 0.05) is 50.0 Å². The Morgan fingerprint density at radius 3 is 2.76 bits per heavy atom. The topological polar surface area (TPSA) is 36.4 Å². The van der Waals surface area contributed by atoms with Crippen molar-refractivity contribution < 1.29 is 4.79 Å². The molecule has 25 heavy (non-hydrogen) atoms. The number of amides is 1. The molecule has 4 rings (SSSR count). The van der Waals surface area contributed by atoms with E-state index in [1.807, 2.05) is 17.3 Å². The van der Waals surface area contributed by atoms with E-state index in [0.29, 0.717) is 0 Å². The fourth-order valence-electron chi connectivity index (χ4n) is 3.82. The first-order chi connectivity index (χ1) is 12.2. The fourth-order valence-corrected chi connectivity index (χ4v) is 5.00. The van der Waals surface area contributed by atoms with Gasteiger partial charge in [0.15, 0.2) is 0 Å². The summed E-state index contributed by atoms with van der Waals surface area (Å²) in [5.74, 6) is 0.984. The van der Waals surface area contributed by atoms with Gasteiger partial charge < -0.3 is 4.90 Å². The van der Waals surface area contributed by atoms with Crippen LogP contribution in [0.15, 0.2) is 30.6 Å². The zero-order valence-electron chi connectivity index (χ0n) is 14.8. The molecule has 1 saturated heterocycles. The van der Waals surface area contributed by atoms with Gasteiger partial charge in [-0.3, -0.25) is 14.7 Å². The van der Waals surface area contributed by atoms with Crippen molar-refractivity contribution in [2.24, 2.45) is 5.92 Å². The standard InChI is InChI=1S/C20H25N3OS/c1-15-2-3-18-17(12-15)13-19(25-18)20(24)23-10-8-22(9-11-23)14-16-4-6-21-7-5-16/h4-7,13,15H,2-3,8-12,14H2,1H3. The smallest absolute Gasteiger partial charge is 0.264 e. The monoisotopic (exact) mass is 355 g/mol. The zero-order valence-corrected chi connectivity index (χ0v) is 15.6. The third-order valence-corrected chi connectivity index (χ3v) is 6.58. The third-order valence-electron chi connectivity index (χ3n) is 5.36. The van der Waals surface area contributed by atoms with Gasteiger partial charge in [-0.15, -0.1) is 11.3 Å². The van der Waals surface area contributed by atoms with Crippen LogP contribution in [0.5, 0.6) is 0 Å². The Labute approximate surface area is 153 Å². The van der Waals surface area contributed by atoms with Crippen LogP contribution in [0, 0.1) is 5.92 Å². The normalized spacial score (nSPS) is 21.2. The van der Waals surface area contributed by atoms with E-state index in [0.717, 1.165) is 56.4 Å². The minimum atomic E-state index is 0.232. The van der Waals surface area contributed by atoms with Gasteiger partial charge in [-0.2, -0.15) is 0 Å². The summed E-state index contributed by atoms with van der Waals surface area (Å²) in [5.41, 5.74) is 2.71. The van der Waals surface area contributed by atoms with Crippen LogP contribution in [-0.2, 0) is 19.4 Å². The SMILES string of the molecule is CC1CCc2sc(C(=O)N3CCN(Cc4ccncc4)CC3)cc2C1. The molecule has 2 aromatic heterocycles. The van der Waals surface area contributed by atoms with Gasteiger partial charge in [0.2, 0.25) is 0 Å². The number of carbonyl (C=O) groups is 1. The van der Waals surface area contributed by atoms with Crippen LogP contribution in [0.4, 0.5) is 0 Å². The maximum absolute atomic E-state index is 12.9. The summed E-state index contributed by atoms with van der Waals surface area (Å²) in [4.78, 5) is 23.8. The number of nitrogens with zero attached hydrogens (tertiary/aromatic N) is 3. The van der Waals surface area contributed by atoms with Crippen molar-refractivity contribution in [3.63, 3.8) is 0 Å². The second kappa shape index (κ2) is 7.26. The zero-order chi connectivity index (χ0) is 17.2. The average Bonchev–Trinajstić information content (AvgIpc) is 3.06. The molecule has 0 N–H and O–H groups in total. The maximum atomic E-state index is 12.9. The van der Waals surface area contributed by atoms with Crippen molar-refractivity contribution in [3.05, 3.63) is 51.5 Å². The lowest BCUT2D eigenvalue weighted by molar-refractivity contribution is 0.0633. The molecule has 4 nitrogen and oxygen atoms in total. The quantitative estimate of drug-likeness (QED) is 0.848. The number of piperazine rings is 1. The van der Waals surface area contributed by atoms with Crippen molar-refractivity contribution in [2.75, 3.05) is 26.2 Å². The largest absolute Gasteiger partial charge is 0.335 e. The summed E-state index contributed by atoms with van der Waals surface area (Å²) in [6.45, 7) is 6.78. The van der Waals surface area contributed by atoms with E-state index in [1.165, 1.54) is 22.4 Å². The minimum absolute atomic E-state index is 0.232. The molecule has 0 spiro atoms. The van der Waals surface area contributed by atoms with Gasteiger partial charge in [-0.1, -0.05) is 6.92 Å². The third kappa shape index (κ3) is 3.77. The predicted molar refractivity (Wildman–Crippen MR) is 101 cm³/mol. The molecule has 1 fully saturated rings. The molecule has 1 amide bonds. The van der Waals surface area contributed by atoms with Crippen LogP contribution in [0.3, 0.4) is 0 Å². The molecule has 0 aromatic carbocycles. The van der Waals surface area contributed by atoms with Crippen molar-refractivity contribution in [3.8, 4) is 0 Å². The molecule has 1 atom stereocenters. The van der Waals surface area contributed by atoms with Crippen molar-refractivity contribution in [1.82, 2.24) is 14.8 Å². The number of thiophene rings is 1. The van der Waals surface area contributed by atoms with Gasteiger partial charge >= 0.3 is 0 Å². The lowest BCUT2D eigenvalue weighted by Crippen LogP contribution is -2.48. The van der Waals surface area contributed by atoms with Crippen LogP contribution in [0.2, 0.25) is 0 Å². The lowest BCUT2D eigenvalue weighted by Gasteiger charge is -2.34. The molecule has 3 heterocycles. The second-order valence-electron chi connectivity index (χ2n) is 7.33. The average molecular weight is 356 g/mol. The maximum Gasteiger partial charge on any atom is 0.264 e. The first kappa shape index (κ1) is 16.7. The van der Waals surface area contributed by atoms with Crippen LogP contribution >= 0.6 is 11.3 Å². The Hall–Kier alpha value is -1.72. The summed E-state index contributed by atoms with van der Waals surface area (Å²) in [6, 6.07) is 6.30. The highest BCUT2D eigenvalue weighted by molar-refractivity contribution is 7.14. The lowest BCUT2D eigenvalue weighted by atomic mass is 9.90. The minimum Gasteiger partial charge on any atom is -0.335 e. The summed E-state index contributed by atoms with van der Waals surface area (Å²) in [7, 11) is 0. The van der Waals surface area contributed by atoms with Gasteiger partial charge in [0.1, 0.15) is 0 Å². The highest BCUT2D eigenvalue weighted by Crippen LogP contribution is 2.32. The molecule has 2 aromatic rings. The molecule has 132 valence electrons. The summed E-state index contributed by atoms with van der Waals surface area (Å²) in [5, 5.41) is 0. The predicted octanol–water partition coefficient (Wildman–Crippen LogP) is 3.23. The molecule has 2 aliphatic rings. The molecule has 1 aliphatic carbocycles. The van der Waals surface area contributed by atoms with E-state index in [4.69, 9.17) is 0 Å². The van der Waals surface area contributed by atoms with Crippen molar-refractivity contribution >= 4 is 17.2 Å². The van der Waals surface area contributed by atoms with Crippen molar-refractivity contribution in [1.29, 1.82) is 0 Å². The van der Waals surface area contributed by atoms with Crippen LogP contribution < -0.4 is 0 Å². The fraction of sp³-hybridized carbons (Fsp3) is 0.500. The number of fused-ring (bicyclic) bond motifs is 1. The number of hydrogen-bond donors (Lipinski definition) is 0. The van der Waals surface area contributed by atoms with Crippen LogP contribution in [-0.4, -0.2) is 46.9 Å². The number of rotatable bonds is 3. The Morgan fingerprint density at radius 2 is 2.00 bits per heavy atom. The van der Waals surface area contributed by atoms with E-state index < -0.39 is 0 Å². The number of carbonyl (C=O) groups excluding carboxylic acids is 1. The molecule has 1 unspecified atom stereocenters. The summed E-state index contributed by atoms with van der Waals surface area (Å²) >= 11 is 1.73. The Balaban J connectivity index is 1.35. The molecule has 0 radical (unpaired) electrons. The summed E-state index contributed by atoms with van der Waals surface area (Å²) in [6.07, 6.45) is 7.23. The van der Waals surface area contributed by atoms with Gasteiger partial charge in [0.25, 0.3) is 5.91 Å². The molecular weight excluding hydrogens is 330 g/mol. The van der Waals surface area contributed by atoms with Gasteiger partial charge in [-0.05, 0) is 54.5 Å². The van der Waals surface area contributed by atoms with Gasteiger partial charge in [-0.25, -0.2) is 0 Å². The molecule has 1 aliphatic heterocycles. The Morgan fingerprint density at radius 1 is 1.24 bits per heavy atom. The number of pyridine rings is 1. The van der Waals surface area contributed by atoms with E-state index in [9.17, 15) is 4.79 Å². The first-order valence-corrected chi connectivity index (χ1v) is 10.0. The number of aromatic nitrogens is 1. The van der Waals surface area contributed by atoms with Crippen molar-refractivity contribution in [2.45, 2.75) is 32.7 Å². The molecular formula is C20H25N3OS. The van der Waals surface area contributed by atoms with E-state index in [1.54, 1.807) is 11.3 Å². The van der Waals surface area contributed by atoms with E-state index in [-0.39, 0.29) is 5.91 Å². The molecule has 5 heteroatoms. The molecule has 0 saturated carbocycles.